The summed E-state index contributed by atoms with van der Waals surface area (Å²) in [5.74, 6) is 1.56. The quantitative estimate of drug-likeness (QED) is 0.692. The fourth-order valence-corrected chi connectivity index (χ4v) is 2.42. The Morgan fingerprint density at radius 1 is 0.727 bits per heavy atom. The maximum atomic E-state index is 6.05. The predicted molar refractivity (Wildman–Crippen MR) is 92.0 cm³/mol. The number of nitrogens with two attached hydrogens (primary N) is 2. The van der Waals surface area contributed by atoms with Crippen LogP contribution in [-0.4, -0.2) is 0 Å². The molecule has 3 aromatic carbocycles. The molecule has 3 rings (SSSR count). The summed E-state index contributed by atoms with van der Waals surface area (Å²) >= 11 is 0. The number of ether oxygens (including phenoxy) is 1. The Kier molecular flexibility index (Phi) is 3.71. The molecule has 0 atom stereocenters. The van der Waals surface area contributed by atoms with E-state index < -0.39 is 0 Å². The highest BCUT2D eigenvalue weighted by atomic mass is 16.5. The first-order valence-electron chi connectivity index (χ1n) is 7.12. The van der Waals surface area contributed by atoms with Crippen molar-refractivity contribution < 1.29 is 4.74 Å². The second kappa shape index (κ2) is 5.82. The van der Waals surface area contributed by atoms with Crippen LogP contribution in [0.3, 0.4) is 0 Å². The van der Waals surface area contributed by atoms with E-state index in [2.05, 4.69) is 6.92 Å². The molecular formula is C19H18N2O. The van der Waals surface area contributed by atoms with Gasteiger partial charge in [0.05, 0.1) is 0 Å². The molecule has 4 N–H and O–H groups in total. The van der Waals surface area contributed by atoms with Gasteiger partial charge in [-0.05, 0) is 60.5 Å². The molecule has 3 aromatic rings. The second-order valence-electron chi connectivity index (χ2n) is 5.24. The summed E-state index contributed by atoms with van der Waals surface area (Å²) in [5.41, 5.74) is 16.5. The topological polar surface area (TPSA) is 61.3 Å². The zero-order valence-electron chi connectivity index (χ0n) is 12.4. The normalized spacial score (nSPS) is 10.4. The van der Waals surface area contributed by atoms with E-state index in [-0.39, 0.29) is 0 Å². The molecule has 3 heteroatoms. The van der Waals surface area contributed by atoms with Gasteiger partial charge in [0.15, 0.2) is 0 Å². The summed E-state index contributed by atoms with van der Waals surface area (Å²) in [6.07, 6.45) is 0. The molecule has 0 bridgehead atoms. The van der Waals surface area contributed by atoms with Crippen molar-refractivity contribution in [3.8, 4) is 22.6 Å². The Balaban J connectivity index is 1.89. The van der Waals surface area contributed by atoms with Gasteiger partial charge in [-0.1, -0.05) is 24.3 Å². The van der Waals surface area contributed by atoms with Gasteiger partial charge in [-0.25, -0.2) is 0 Å². The Morgan fingerprint density at radius 3 is 2.09 bits per heavy atom. The summed E-state index contributed by atoms with van der Waals surface area (Å²) in [6.45, 7) is 2.05. The van der Waals surface area contributed by atoms with Gasteiger partial charge in [-0.3, -0.25) is 0 Å². The van der Waals surface area contributed by atoms with E-state index in [4.69, 9.17) is 16.2 Å². The molecule has 22 heavy (non-hydrogen) atoms. The lowest BCUT2D eigenvalue weighted by atomic mass is 9.99. The molecule has 0 aliphatic heterocycles. The zero-order chi connectivity index (χ0) is 15.5. The summed E-state index contributed by atoms with van der Waals surface area (Å²) < 4.78 is 5.85. The van der Waals surface area contributed by atoms with Gasteiger partial charge in [0.1, 0.15) is 11.5 Å². The van der Waals surface area contributed by atoms with E-state index in [9.17, 15) is 0 Å². The standard InChI is InChI=1S/C19H18N2O/c1-13-12-16(22-15-8-6-14(20)7-9-15)10-11-17(13)18-4-2-3-5-19(18)21/h2-12H,20-21H2,1H3. The van der Waals surface area contributed by atoms with Crippen LogP contribution in [0, 0.1) is 6.92 Å². The van der Waals surface area contributed by atoms with E-state index in [0.29, 0.717) is 0 Å². The first-order valence-corrected chi connectivity index (χ1v) is 7.12. The molecule has 0 aliphatic carbocycles. The largest absolute Gasteiger partial charge is 0.457 e. The predicted octanol–water partition coefficient (Wildman–Crippen LogP) is 4.62. The molecule has 0 radical (unpaired) electrons. The van der Waals surface area contributed by atoms with Crippen LogP contribution in [0.4, 0.5) is 11.4 Å². The van der Waals surface area contributed by atoms with Crippen molar-refractivity contribution in [2.75, 3.05) is 11.5 Å². The molecule has 0 fully saturated rings. The number of para-hydroxylation sites is 1. The van der Waals surface area contributed by atoms with E-state index in [1.807, 2.05) is 66.7 Å². The average molecular weight is 290 g/mol. The van der Waals surface area contributed by atoms with Crippen LogP contribution in [0.5, 0.6) is 11.5 Å². The summed E-state index contributed by atoms with van der Waals surface area (Å²) in [4.78, 5) is 0. The average Bonchev–Trinajstić information content (AvgIpc) is 2.51. The molecule has 110 valence electrons. The molecule has 0 aliphatic rings. The van der Waals surface area contributed by atoms with Crippen LogP contribution in [0.1, 0.15) is 5.56 Å². The van der Waals surface area contributed by atoms with Crippen molar-refractivity contribution in [2.45, 2.75) is 6.92 Å². The fourth-order valence-electron chi connectivity index (χ4n) is 2.42. The number of hydrogen-bond donors (Lipinski definition) is 2. The lowest BCUT2D eigenvalue weighted by Crippen LogP contribution is -1.92. The van der Waals surface area contributed by atoms with Crippen LogP contribution in [-0.2, 0) is 0 Å². The number of aryl methyl sites for hydroxylation is 1. The van der Waals surface area contributed by atoms with E-state index in [1.54, 1.807) is 0 Å². The maximum Gasteiger partial charge on any atom is 0.127 e. The third-order valence-corrected chi connectivity index (χ3v) is 3.56. The highest BCUT2D eigenvalue weighted by Crippen LogP contribution is 2.32. The van der Waals surface area contributed by atoms with Crippen LogP contribution < -0.4 is 16.2 Å². The molecule has 0 saturated carbocycles. The minimum absolute atomic E-state index is 0.721. The van der Waals surface area contributed by atoms with Gasteiger partial charge < -0.3 is 16.2 Å². The Labute approximate surface area is 130 Å². The van der Waals surface area contributed by atoms with Crippen LogP contribution in [0.15, 0.2) is 66.7 Å². The van der Waals surface area contributed by atoms with Crippen molar-refractivity contribution >= 4 is 11.4 Å². The third kappa shape index (κ3) is 2.88. The van der Waals surface area contributed by atoms with Gasteiger partial charge in [0.2, 0.25) is 0 Å². The molecule has 3 nitrogen and oxygen atoms in total. The Morgan fingerprint density at radius 2 is 1.41 bits per heavy atom. The van der Waals surface area contributed by atoms with Crippen molar-refractivity contribution in [1.82, 2.24) is 0 Å². The van der Waals surface area contributed by atoms with E-state index in [1.165, 1.54) is 0 Å². The van der Waals surface area contributed by atoms with Gasteiger partial charge in [0.25, 0.3) is 0 Å². The summed E-state index contributed by atoms with van der Waals surface area (Å²) in [6, 6.07) is 21.2. The third-order valence-electron chi connectivity index (χ3n) is 3.56. The lowest BCUT2D eigenvalue weighted by molar-refractivity contribution is 0.482. The summed E-state index contributed by atoms with van der Waals surface area (Å²) in [7, 11) is 0. The van der Waals surface area contributed by atoms with Crippen molar-refractivity contribution in [1.29, 1.82) is 0 Å². The van der Waals surface area contributed by atoms with Crippen molar-refractivity contribution in [2.24, 2.45) is 0 Å². The lowest BCUT2D eigenvalue weighted by Gasteiger charge is -2.12. The van der Waals surface area contributed by atoms with Gasteiger partial charge >= 0.3 is 0 Å². The first-order chi connectivity index (χ1) is 10.6. The first kappa shape index (κ1) is 14.0. The van der Waals surface area contributed by atoms with Gasteiger partial charge in [-0.2, -0.15) is 0 Å². The second-order valence-corrected chi connectivity index (χ2v) is 5.24. The minimum Gasteiger partial charge on any atom is -0.457 e. The maximum absolute atomic E-state index is 6.05. The Bertz CT molecular complexity index is 795. The van der Waals surface area contributed by atoms with Crippen LogP contribution in [0.2, 0.25) is 0 Å². The van der Waals surface area contributed by atoms with Gasteiger partial charge in [-0.15, -0.1) is 0 Å². The van der Waals surface area contributed by atoms with E-state index >= 15 is 0 Å². The molecule has 0 amide bonds. The number of hydrogen-bond acceptors (Lipinski definition) is 3. The van der Waals surface area contributed by atoms with Gasteiger partial charge in [0, 0.05) is 16.9 Å². The highest BCUT2D eigenvalue weighted by Gasteiger charge is 2.07. The smallest absolute Gasteiger partial charge is 0.127 e. The number of rotatable bonds is 3. The number of benzene rings is 3. The highest BCUT2D eigenvalue weighted by molar-refractivity contribution is 5.78. The van der Waals surface area contributed by atoms with Crippen molar-refractivity contribution in [3.63, 3.8) is 0 Å². The summed E-state index contributed by atoms with van der Waals surface area (Å²) in [5, 5.41) is 0. The molecule has 0 spiro atoms. The molecular weight excluding hydrogens is 272 g/mol. The monoisotopic (exact) mass is 290 g/mol. The van der Waals surface area contributed by atoms with E-state index in [0.717, 1.165) is 39.6 Å². The SMILES string of the molecule is Cc1cc(Oc2ccc(N)cc2)ccc1-c1ccccc1N. The molecule has 0 heterocycles. The number of nitrogen functional groups attached to an aromatic ring is 2. The molecule has 0 aromatic heterocycles. The zero-order valence-corrected chi connectivity index (χ0v) is 12.4. The minimum atomic E-state index is 0.721. The number of anilines is 2. The van der Waals surface area contributed by atoms with Crippen LogP contribution >= 0.6 is 0 Å². The van der Waals surface area contributed by atoms with Crippen molar-refractivity contribution in [3.05, 3.63) is 72.3 Å². The Hall–Kier alpha value is -2.94. The molecule has 0 unspecified atom stereocenters. The molecule has 0 saturated heterocycles. The van der Waals surface area contributed by atoms with Crippen LogP contribution in [0.25, 0.3) is 11.1 Å². The fraction of sp³-hybridized carbons (Fsp3) is 0.0526.